The van der Waals surface area contributed by atoms with E-state index in [1.54, 1.807) is 12.4 Å². The lowest BCUT2D eigenvalue weighted by atomic mass is 10.4. The molecule has 70 valence electrons. The number of rotatable bonds is 3. The zero-order valence-electron chi connectivity index (χ0n) is 7.99. The van der Waals surface area contributed by atoms with Crippen LogP contribution in [-0.2, 0) is 0 Å². The van der Waals surface area contributed by atoms with Crippen molar-refractivity contribution in [2.75, 3.05) is 6.54 Å². The van der Waals surface area contributed by atoms with E-state index in [2.05, 4.69) is 15.0 Å². The van der Waals surface area contributed by atoms with Gasteiger partial charge in [0.2, 0.25) is 0 Å². The topological polar surface area (TPSA) is 64.2 Å². The molecule has 0 fully saturated rings. The molecule has 4 nitrogen and oxygen atoms in total. The zero-order valence-corrected chi connectivity index (χ0v) is 7.99. The van der Waals surface area contributed by atoms with E-state index in [0.717, 1.165) is 18.5 Å². The Morgan fingerprint density at radius 3 is 2.62 bits per heavy atom. The van der Waals surface area contributed by atoms with Crippen molar-refractivity contribution in [1.82, 2.24) is 9.97 Å². The van der Waals surface area contributed by atoms with E-state index >= 15 is 0 Å². The summed E-state index contributed by atoms with van der Waals surface area (Å²) in [5.41, 5.74) is 6.68. The Labute approximate surface area is 77.9 Å². The van der Waals surface area contributed by atoms with Crippen LogP contribution in [0.2, 0.25) is 0 Å². The van der Waals surface area contributed by atoms with Gasteiger partial charge in [-0.2, -0.15) is 0 Å². The minimum absolute atomic E-state index is 0.418. The molecule has 1 heterocycles. The van der Waals surface area contributed by atoms with Crippen LogP contribution in [-0.4, -0.2) is 22.3 Å². The van der Waals surface area contributed by atoms with Crippen LogP contribution in [0, 0.1) is 6.92 Å². The Balaban J connectivity index is 2.77. The van der Waals surface area contributed by atoms with Gasteiger partial charge in [0, 0.05) is 18.9 Å². The van der Waals surface area contributed by atoms with Gasteiger partial charge in [0.15, 0.2) is 11.7 Å². The zero-order chi connectivity index (χ0) is 9.68. The molecule has 0 aliphatic rings. The average molecular weight is 178 g/mol. The molecule has 0 amide bonds. The van der Waals surface area contributed by atoms with Crippen LogP contribution in [0.15, 0.2) is 17.4 Å². The second kappa shape index (κ2) is 4.54. The first kappa shape index (κ1) is 9.64. The second-order valence-electron chi connectivity index (χ2n) is 2.85. The van der Waals surface area contributed by atoms with Crippen LogP contribution >= 0.6 is 0 Å². The highest BCUT2D eigenvalue weighted by Crippen LogP contribution is 1.93. The van der Waals surface area contributed by atoms with Gasteiger partial charge in [-0.1, -0.05) is 6.92 Å². The summed E-state index contributed by atoms with van der Waals surface area (Å²) in [6.07, 6.45) is 4.44. The van der Waals surface area contributed by atoms with Gasteiger partial charge in [0.25, 0.3) is 0 Å². The molecule has 0 saturated carbocycles. The molecule has 0 spiro atoms. The van der Waals surface area contributed by atoms with Crippen molar-refractivity contribution in [2.45, 2.75) is 20.3 Å². The highest BCUT2D eigenvalue weighted by molar-refractivity contribution is 5.93. The smallest absolute Gasteiger partial charge is 0.194 e. The van der Waals surface area contributed by atoms with Crippen molar-refractivity contribution in [3.63, 3.8) is 0 Å². The van der Waals surface area contributed by atoms with E-state index in [4.69, 9.17) is 5.73 Å². The summed E-state index contributed by atoms with van der Waals surface area (Å²) in [6.45, 7) is 4.71. The van der Waals surface area contributed by atoms with Crippen LogP contribution in [0.5, 0.6) is 0 Å². The Bertz CT molecular complexity index is 289. The number of aliphatic imine (C=N–C) groups is 1. The fourth-order valence-corrected chi connectivity index (χ4v) is 0.828. The molecule has 0 radical (unpaired) electrons. The number of nitrogens with two attached hydrogens (primary N) is 1. The van der Waals surface area contributed by atoms with E-state index in [1.165, 1.54) is 0 Å². The normalized spacial score (nSPS) is 11.7. The molecule has 1 aromatic heterocycles. The van der Waals surface area contributed by atoms with Crippen LogP contribution < -0.4 is 5.73 Å². The highest BCUT2D eigenvalue weighted by atomic mass is 15.0. The van der Waals surface area contributed by atoms with Crippen molar-refractivity contribution in [3.05, 3.63) is 23.8 Å². The number of nitrogens with zero attached hydrogens (tertiary/aromatic N) is 3. The molecule has 0 aromatic carbocycles. The van der Waals surface area contributed by atoms with E-state index in [0.29, 0.717) is 11.7 Å². The molecule has 4 heteroatoms. The molecule has 13 heavy (non-hydrogen) atoms. The summed E-state index contributed by atoms with van der Waals surface area (Å²) >= 11 is 0. The first-order valence-electron chi connectivity index (χ1n) is 4.33. The molecule has 1 rings (SSSR count). The average Bonchev–Trinajstić information content (AvgIpc) is 2.15. The molecule has 1 aromatic rings. The first-order chi connectivity index (χ1) is 6.24. The molecule has 2 N–H and O–H groups in total. The van der Waals surface area contributed by atoms with Gasteiger partial charge in [-0.3, -0.25) is 4.99 Å². The van der Waals surface area contributed by atoms with Gasteiger partial charge in [0.05, 0.1) is 0 Å². The SMILES string of the molecule is CCCN=C(N)c1ncc(C)cn1. The minimum Gasteiger partial charge on any atom is -0.381 e. The van der Waals surface area contributed by atoms with Gasteiger partial charge in [-0.05, 0) is 18.9 Å². The van der Waals surface area contributed by atoms with Crippen LogP contribution in [0.25, 0.3) is 0 Å². The maximum Gasteiger partial charge on any atom is 0.194 e. The predicted octanol–water partition coefficient (Wildman–Crippen LogP) is 0.900. The molecular formula is C9H14N4. The first-order valence-corrected chi connectivity index (χ1v) is 4.33. The van der Waals surface area contributed by atoms with E-state index in [1.807, 2.05) is 13.8 Å². The Morgan fingerprint density at radius 1 is 1.46 bits per heavy atom. The monoisotopic (exact) mass is 178 g/mol. The predicted molar refractivity (Wildman–Crippen MR) is 52.7 cm³/mol. The third-order valence-corrected chi connectivity index (χ3v) is 1.52. The molecule has 0 saturated heterocycles. The molecule has 0 aliphatic heterocycles. The van der Waals surface area contributed by atoms with Crippen LogP contribution in [0.4, 0.5) is 0 Å². The Hall–Kier alpha value is -1.45. The number of hydrogen-bond donors (Lipinski definition) is 1. The maximum absolute atomic E-state index is 5.66. The summed E-state index contributed by atoms with van der Waals surface area (Å²) < 4.78 is 0. The fraction of sp³-hybridized carbons (Fsp3) is 0.444. The van der Waals surface area contributed by atoms with E-state index in [9.17, 15) is 0 Å². The molecule has 0 atom stereocenters. The summed E-state index contributed by atoms with van der Waals surface area (Å²) in [7, 11) is 0. The molecule has 0 bridgehead atoms. The van der Waals surface area contributed by atoms with Crippen molar-refractivity contribution in [3.8, 4) is 0 Å². The summed E-state index contributed by atoms with van der Waals surface area (Å²) in [6, 6.07) is 0. The van der Waals surface area contributed by atoms with Crippen molar-refractivity contribution in [1.29, 1.82) is 0 Å². The van der Waals surface area contributed by atoms with E-state index in [-0.39, 0.29) is 0 Å². The Morgan fingerprint density at radius 2 is 2.08 bits per heavy atom. The van der Waals surface area contributed by atoms with Crippen LogP contribution in [0.3, 0.4) is 0 Å². The van der Waals surface area contributed by atoms with Gasteiger partial charge < -0.3 is 5.73 Å². The second-order valence-corrected chi connectivity index (χ2v) is 2.85. The molecular weight excluding hydrogens is 164 g/mol. The molecule has 0 unspecified atom stereocenters. The maximum atomic E-state index is 5.66. The minimum atomic E-state index is 0.418. The number of hydrogen-bond acceptors (Lipinski definition) is 3. The quantitative estimate of drug-likeness (QED) is 0.552. The molecule has 0 aliphatic carbocycles. The van der Waals surface area contributed by atoms with Crippen LogP contribution in [0.1, 0.15) is 24.7 Å². The lowest BCUT2D eigenvalue weighted by molar-refractivity contribution is 0.925. The van der Waals surface area contributed by atoms with Gasteiger partial charge >= 0.3 is 0 Å². The number of amidine groups is 1. The largest absolute Gasteiger partial charge is 0.381 e. The van der Waals surface area contributed by atoms with Gasteiger partial charge in [-0.15, -0.1) is 0 Å². The fourth-order valence-electron chi connectivity index (χ4n) is 0.828. The lowest BCUT2D eigenvalue weighted by Crippen LogP contribution is -2.17. The van der Waals surface area contributed by atoms with Crippen molar-refractivity contribution < 1.29 is 0 Å². The van der Waals surface area contributed by atoms with Crippen molar-refractivity contribution in [2.24, 2.45) is 10.7 Å². The number of aromatic nitrogens is 2. The Kier molecular flexibility index (Phi) is 3.37. The third-order valence-electron chi connectivity index (χ3n) is 1.52. The van der Waals surface area contributed by atoms with Gasteiger partial charge in [0.1, 0.15) is 0 Å². The summed E-state index contributed by atoms with van der Waals surface area (Å²) in [5.74, 6) is 0.931. The highest BCUT2D eigenvalue weighted by Gasteiger charge is 1.99. The summed E-state index contributed by atoms with van der Waals surface area (Å²) in [5, 5.41) is 0. The van der Waals surface area contributed by atoms with Gasteiger partial charge in [-0.25, -0.2) is 9.97 Å². The van der Waals surface area contributed by atoms with Crippen molar-refractivity contribution >= 4 is 5.84 Å². The number of aryl methyl sites for hydroxylation is 1. The third kappa shape index (κ3) is 2.82. The lowest BCUT2D eigenvalue weighted by Gasteiger charge is -1.98. The summed E-state index contributed by atoms with van der Waals surface area (Å²) in [4.78, 5) is 12.2. The van der Waals surface area contributed by atoms with E-state index < -0.39 is 0 Å². The standard InChI is InChI=1S/C9H14N4/c1-3-4-11-8(10)9-12-5-7(2)6-13-9/h5-6H,3-4H2,1-2H3,(H2,10,11).